The number of nitrogens with one attached hydrogen (secondary N) is 1. The van der Waals surface area contributed by atoms with E-state index in [9.17, 15) is 0 Å². The van der Waals surface area contributed by atoms with Crippen LogP contribution in [0.3, 0.4) is 0 Å². The van der Waals surface area contributed by atoms with Crippen LogP contribution < -0.4 is 19.7 Å². The van der Waals surface area contributed by atoms with Gasteiger partial charge in [-0.05, 0) is 47.9 Å². The zero-order valence-electron chi connectivity index (χ0n) is 20.1. The van der Waals surface area contributed by atoms with Crippen molar-refractivity contribution in [2.45, 2.75) is 19.5 Å². The number of aromatic nitrogens is 4. The Balaban J connectivity index is 1.33. The normalized spacial score (nSPS) is 12.7. The maximum atomic E-state index is 5.57. The highest BCUT2D eigenvalue weighted by Crippen LogP contribution is 2.31. The van der Waals surface area contributed by atoms with Crippen LogP contribution in [0.4, 0.5) is 11.6 Å². The van der Waals surface area contributed by atoms with Crippen molar-refractivity contribution in [2.24, 2.45) is 0 Å². The van der Waals surface area contributed by atoms with Gasteiger partial charge in [0.15, 0.2) is 22.9 Å². The van der Waals surface area contributed by atoms with Gasteiger partial charge in [0.2, 0.25) is 11.8 Å². The highest BCUT2D eigenvalue weighted by molar-refractivity contribution is 5.62. The average molecular weight is 483 g/mol. The monoisotopic (exact) mass is 482 g/mol. The quantitative estimate of drug-likeness (QED) is 0.344. The molecular weight excluding hydrogens is 456 g/mol. The molecule has 0 saturated heterocycles. The summed E-state index contributed by atoms with van der Waals surface area (Å²) in [5.74, 6) is 3.09. The molecule has 182 valence electrons. The molecule has 0 spiro atoms. The van der Waals surface area contributed by atoms with E-state index >= 15 is 0 Å². The molecule has 0 fully saturated rings. The number of anilines is 2. The lowest BCUT2D eigenvalue weighted by Crippen LogP contribution is -2.21. The molecule has 9 heteroatoms. The smallest absolute Gasteiger partial charge is 0.226 e. The number of rotatable bonds is 8. The summed E-state index contributed by atoms with van der Waals surface area (Å²) in [5.41, 5.74) is 5.39. The van der Waals surface area contributed by atoms with Crippen molar-refractivity contribution in [3.8, 4) is 23.1 Å². The molecule has 9 nitrogen and oxygen atoms in total. The van der Waals surface area contributed by atoms with Crippen LogP contribution in [-0.2, 0) is 19.5 Å². The van der Waals surface area contributed by atoms with Crippen molar-refractivity contribution in [1.82, 2.24) is 19.6 Å². The van der Waals surface area contributed by atoms with Gasteiger partial charge in [-0.2, -0.15) is 4.52 Å². The summed E-state index contributed by atoms with van der Waals surface area (Å²) in [6, 6.07) is 18.0. The summed E-state index contributed by atoms with van der Waals surface area (Å²) in [5, 5.41) is 8.13. The summed E-state index contributed by atoms with van der Waals surface area (Å²) < 4.78 is 18.1. The molecule has 1 aliphatic heterocycles. The molecule has 36 heavy (non-hydrogen) atoms. The lowest BCUT2D eigenvalue weighted by atomic mass is 10.2. The van der Waals surface area contributed by atoms with Crippen molar-refractivity contribution in [3.05, 3.63) is 83.7 Å². The third-order valence-electron chi connectivity index (χ3n) is 6.42. The zero-order valence-corrected chi connectivity index (χ0v) is 20.1. The molecule has 0 atom stereocenters. The molecule has 2 aromatic carbocycles. The third-order valence-corrected chi connectivity index (χ3v) is 6.42. The summed E-state index contributed by atoms with van der Waals surface area (Å²) in [7, 11) is 3.25. The second-order valence-electron chi connectivity index (χ2n) is 8.60. The molecular formula is C27H26N6O3. The van der Waals surface area contributed by atoms with Crippen LogP contribution in [-0.4, -0.2) is 40.3 Å². The Morgan fingerprint density at radius 2 is 1.92 bits per heavy atom. The van der Waals surface area contributed by atoms with Gasteiger partial charge in [-0.15, -0.1) is 5.10 Å². The van der Waals surface area contributed by atoms with Crippen molar-refractivity contribution in [3.63, 3.8) is 0 Å². The first kappa shape index (κ1) is 22.0. The average Bonchev–Trinajstić information content (AvgIpc) is 3.68. The van der Waals surface area contributed by atoms with Crippen LogP contribution in [0.1, 0.15) is 16.7 Å². The van der Waals surface area contributed by atoms with Gasteiger partial charge < -0.3 is 24.1 Å². The number of ether oxygens (including phenoxy) is 2. The lowest BCUT2D eigenvalue weighted by molar-refractivity contribution is 0.354. The van der Waals surface area contributed by atoms with Crippen molar-refractivity contribution >= 4 is 17.3 Å². The molecule has 0 radical (unpaired) electrons. The van der Waals surface area contributed by atoms with E-state index in [1.54, 1.807) is 25.0 Å². The Morgan fingerprint density at radius 3 is 2.75 bits per heavy atom. The predicted octanol–water partition coefficient (Wildman–Crippen LogP) is 4.58. The van der Waals surface area contributed by atoms with Crippen LogP contribution in [0.5, 0.6) is 11.5 Å². The number of hydrogen-bond acceptors (Lipinski definition) is 8. The summed E-state index contributed by atoms with van der Waals surface area (Å²) in [6.45, 7) is 2.18. The highest BCUT2D eigenvalue weighted by atomic mass is 16.5. The Hall–Kier alpha value is -4.53. The van der Waals surface area contributed by atoms with E-state index < -0.39 is 0 Å². The van der Waals surface area contributed by atoms with Gasteiger partial charge in [0.1, 0.15) is 0 Å². The summed E-state index contributed by atoms with van der Waals surface area (Å²) in [6.07, 6.45) is 4.54. The molecule has 3 aromatic heterocycles. The molecule has 0 unspecified atom stereocenters. The van der Waals surface area contributed by atoms with Gasteiger partial charge >= 0.3 is 0 Å². The fourth-order valence-electron chi connectivity index (χ4n) is 4.61. The van der Waals surface area contributed by atoms with Gasteiger partial charge in [0, 0.05) is 37.1 Å². The Bertz CT molecular complexity index is 1510. The minimum Gasteiger partial charge on any atom is -0.493 e. The van der Waals surface area contributed by atoms with Gasteiger partial charge in [-0.1, -0.05) is 24.3 Å². The topological polar surface area (TPSA) is 90.0 Å². The third kappa shape index (κ3) is 3.98. The number of fused-ring (bicyclic) bond motifs is 2. The van der Waals surface area contributed by atoms with Crippen molar-refractivity contribution in [1.29, 1.82) is 0 Å². The number of furan rings is 1. The first-order valence-electron chi connectivity index (χ1n) is 11.8. The number of para-hydroxylation sites is 1. The van der Waals surface area contributed by atoms with Crippen molar-refractivity contribution < 1.29 is 13.9 Å². The number of nitrogens with zero attached hydrogens (tertiary/aromatic N) is 5. The van der Waals surface area contributed by atoms with Crippen LogP contribution >= 0.6 is 0 Å². The molecule has 0 amide bonds. The van der Waals surface area contributed by atoms with E-state index in [0.717, 1.165) is 29.7 Å². The van der Waals surface area contributed by atoms with Crippen LogP contribution in [0.15, 0.2) is 71.5 Å². The van der Waals surface area contributed by atoms with Gasteiger partial charge in [0.25, 0.3) is 0 Å². The zero-order chi connectivity index (χ0) is 24.5. The van der Waals surface area contributed by atoms with E-state index in [1.165, 1.54) is 11.3 Å². The molecule has 6 rings (SSSR count). The summed E-state index contributed by atoms with van der Waals surface area (Å²) >= 11 is 0. The largest absolute Gasteiger partial charge is 0.493 e. The van der Waals surface area contributed by atoms with Gasteiger partial charge in [0.05, 0.1) is 20.5 Å². The Kier molecular flexibility index (Phi) is 5.65. The minimum atomic E-state index is 0.519. The van der Waals surface area contributed by atoms with E-state index in [4.69, 9.17) is 29.0 Å². The molecule has 4 heterocycles. The van der Waals surface area contributed by atoms with Crippen LogP contribution in [0.25, 0.3) is 17.2 Å². The van der Waals surface area contributed by atoms with E-state index in [-0.39, 0.29) is 0 Å². The Labute approximate surface area is 208 Å². The number of methoxy groups -OCH3 is 2. The first-order chi connectivity index (χ1) is 17.7. The van der Waals surface area contributed by atoms with E-state index in [1.807, 2.05) is 36.5 Å². The molecule has 1 N–H and O–H groups in total. The fraction of sp³-hybridized carbons (Fsp3) is 0.222. The van der Waals surface area contributed by atoms with E-state index in [0.29, 0.717) is 42.1 Å². The Morgan fingerprint density at radius 1 is 1.03 bits per heavy atom. The maximum Gasteiger partial charge on any atom is 0.226 e. The molecule has 0 bridgehead atoms. The lowest BCUT2D eigenvalue weighted by Gasteiger charge is -2.19. The second-order valence-corrected chi connectivity index (χ2v) is 8.60. The molecule has 1 aliphatic rings. The number of hydrogen-bond donors (Lipinski definition) is 1. The van der Waals surface area contributed by atoms with E-state index in [2.05, 4.69) is 34.5 Å². The predicted molar refractivity (Wildman–Crippen MR) is 137 cm³/mol. The summed E-state index contributed by atoms with van der Waals surface area (Å²) in [4.78, 5) is 11.9. The first-order valence-corrected chi connectivity index (χ1v) is 11.8. The molecule has 5 aromatic rings. The minimum absolute atomic E-state index is 0.519. The van der Waals surface area contributed by atoms with Crippen LogP contribution in [0, 0.1) is 0 Å². The standard InChI is InChI=1S/C27H26N6O3/c1-34-22-10-9-18(14-24(22)35-2)15-28-27-29-16-20(17-32-12-11-19-6-3-4-7-21(19)32)26-30-25(31-33(26)27)23-8-5-13-36-23/h3-10,13-14,16H,11-12,15,17H2,1-2H3,(H,28,29). The maximum absolute atomic E-state index is 5.57. The molecule has 0 saturated carbocycles. The number of benzene rings is 2. The second kappa shape index (κ2) is 9.26. The highest BCUT2D eigenvalue weighted by Gasteiger charge is 2.22. The van der Waals surface area contributed by atoms with Gasteiger partial charge in [-0.3, -0.25) is 0 Å². The van der Waals surface area contributed by atoms with Gasteiger partial charge in [-0.25, -0.2) is 9.97 Å². The fourth-order valence-corrected chi connectivity index (χ4v) is 4.61. The SMILES string of the molecule is COc1ccc(CNc2ncc(CN3CCc4ccccc43)c3nc(-c4ccco4)nn23)cc1OC. The molecule has 0 aliphatic carbocycles. The van der Waals surface area contributed by atoms with Crippen molar-refractivity contribution in [2.75, 3.05) is 31.0 Å². The van der Waals surface area contributed by atoms with Crippen LogP contribution in [0.2, 0.25) is 0 Å².